The predicted molar refractivity (Wildman–Crippen MR) is 96.6 cm³/mol. The van der Waals surface area contributed by atoms with Crippen molar-refractivity contribution >= 4 is 5.91 Å². The maximum atomic E-state index is 13.1. The summed E-state index contributed by atoms with van der Waals surface area (Å²) >= 11 is 0. The molecular weight excluding hydrogens is 318 g/mol. The third kappa shape index (κ3) is 3.75. The summed E-state index contributed by atoms with van der Waals surface area (Å²) in [5, 5.41) is 0. The van der Waals surface area contributed by atoms with Gasteiger partial charge in [0.05, 0.1) is 20.3 Å². The van der Waals surface area contributed by atoms with Crippen molar-refractivity contribution in [2.45, 2.75) is 57.2 Å². The summed E-state index contributed by atoms with van der Waals surface area (Å²) in [6.45, 7) is 2.96. The molecule has 1 aromatic carbocycles. The topological polar surface area (TPSA) is 62.8 Å². The summed E-state index contributed by atoms with van der Waals surface area (Å²) < 4.78 is 10.9. The van der Waals surface area contributed by atoms with Gasteiger partial charge in [0.25, 0.3) is 0 Å². The van der Waals surface area contributed by atoms with E-state index in [1.165, 1.54) is 0 Å². The van der Waals surface area contributed by atoms with Gasteiger partial charge in [-0.1, -0.05) is 13.3 Å². The first-order valence-corrected chi connectivity index (χ1v) is 9.21. The number of hydrogen-bond donors (Lipinski definition) is 2. The fourth-order valence-electron chi connectivity index (χ4n) is 3.98. The van der Waals surface area contributed by atoms with Crippen LogP contribution in [-0.2, 0) is 4.79 Å². The summed E-state index contributed by atoms with van der Waals surface area (Å²) in [6, 6.07) is 6.09. The first-order chi connectivity index (χ1) is 12.2. The fourth-order valence-corrected chi connectivity index (χ4v) is 3.98. The molecule has 0 saturated carbocycles. The molecule has 2 N–H and O–H groups in total. The molecule has 0 spiro atoms. The van der Waals surface area contributed by atoms with Gasteiger partial charge in [0.1, 0.15) is 17.5 Å². The Morgan fingerprint density at radius 1 is 1.28 bits per heavy atom. The van der Waals surface area contributed by atoms with Gasteiger partial charge in [-0.05, 0) is 43.9 Å². The minimum atomic E-state index is -0.145. The number of ether oxygens (including phenoxy) is 2. The van der Waals surface area contributed by atoms with Crippen molar-refractivity contribution in [2.24, 2.45) is 0 Å². The van der Waals surface area contributed by atoms with Gasteiger partial charge >= 0.3 is 0 Å². The van der Waals surface area contributed by atoms with Crippen molar-refractivity contribution in [2.75, 3.05) is 20.8 Å². The average molecular weight is 347 g/mol. The molecule has 0 bridgehead atoms. The highest BCUT2D eigenvalue weighted by Crippen LogP contribution is 2.39. The number of likely N-dealkylation sites (tertiary alicyclic amines) is 1. The summed E-state index contributed by atoms with van der Waals surface area (Å²) in [5.74, 6) is 1.78. The number of carbonyl (C=O) groups excluding carboxylic acids is 1. The van der Waals surface area contributed by atoms with E-state index >= 15 is 0 Å². The molecule has 3 unspecified atom stereocenters. The monoisotopic (exact) mass is 347 g/mol. The molecule has 2 aliphatic heterocycles. The van der Waals surface area contributed by atoms with Crippen LogP contribution < -0.4 is 20.3 Å². The lowest BCUT2D eigenvalue weighted by Crippen LogP contribution is -2.45. The van der Waals surface area contributed by atoms with Crippen LogP contribution in [0.2, 0.25) is 0 Å². The Kier molecular flexibility index (Phi) is 5.81. The molecule has 2 heterocycles. The fraction of sp³-hybridized carbons (Fsp3) is 0.632. The zero-order valence-electron chi connectivity index (χ0n) is 15.4. The highest BCUT2D eigenvalue weighted by molar-refractivity contribution is 5.83. The molecule has 0 radical (unpaired) electrons. The Morgan fingerprint density at radius 2 is 2.12 bits per heavy atom. The van der Waals surface area contributed by atoms with Crippen molar-refractivity contribution in [3.8, 4) is 11.5 Å². The van der Waals surface area contributed by atoms with E-state index in [1.807, 2.05) is 23.1 Å². The van der Waals surface area contributed by atoms with E-state index in [-0.39, 0.29) is 18.0 Å². The van der Waals surface area contributed by atoms with E-state index in [0.717, 1.165) is 55.7 Å². The standard InChI is InChI=1S/C19H29N3O3/c1-4-6-13-11-16(21-20-13)19(23)22-10-5-7-17(22)15-12-14(24-2)8-9-18(15)25-3/h8-9,12-13,16-17,20-21H,4-7,10-11H2,1-3H3. The summed E-state index contributed by atoms with van der Waals surface area (Å²) in [7, 11) is 3.33. The van der Waals surface area contributed by atoms with Gasteiger partial charge in [-0.3, -0.25) is 10.2 Å². The van der Waals surface area contributed by atoms with Crippen LogP contribution >= 0.6 is 0 Å². The average Bonchev–Trinajstić information content (AvgIpc) is 3.30. The molecule has 0 aliphatic carbocycles. The van der Waals surface area contributed by atoms with Gasteiger partial charge in [0.15, 0.2) is 0 Å². The van der Waals surface area contributed by atoms with E-state index in [0.29, 0.717) is 6.04 Å². The minimum absolute atomic E-state index is 0.0459. The second kappa shape index (κ2) is 8.06. The molecule has 0 aromatic heterocycles. The second-order valence-electron chi connectivity index (χ2n) is 6.86. The van der Waals surface area contributed by atoms with Crippen LogP contribution in [0.3, 0.4) is 0 Å². The number of hydrazine groups is 1. The third-order valence-electron chi connectivity index (χ3n) is 5.25. The smallest absolute Gasteiger partial charge is 0.241 e. The first-order valence-electron chi connectivity index (χ1n) is 9.21. The van der Waals surface area contributed by atoms with Gasteiger partial charge in [0.2, 0.25) is 5.91 Å². The first kappa shape index (κ1) is 18.0. The highest BCUT2D eigenvalue weighted by Gasteiger charge is 2.38. The molecular formula is C19H29N3O3. The van der Waals surface area contributed by atoms with Gasteiger partial charge < -0.3 is 14.4 Å². The lowest BCUT2D eigenvalue weighted by Gasteiger charge is -2.28. The van der Waals surface area contributed by atoms with Crippen molar-refractivity contribution < 1.29 is 14.3 Å². The Balaban J connectivity index is 1.78. The second-order valence-corrected chi connectivity index (χ2v) is 6.86. The van der Waals surface area contributed by atoms with Crippen LogP contribution in [0.5, 0.6) is 11.5 Å². The largest absolute Gasteiger partial charge is 0.497 e. The molecule has 6 nitrogen and oxygen atoms in total. The van der Waals surface area contributed by atoms with Crippen LogP contribution in [0.15, 0.2) is 18.2 Å². The van der Waals surface area contributed by atoms with Crippen LogP contribution in [0.4, 0.5) is 0 Å². The number of benzene rings is 1. The molecule has 1 amide bonds. The number of rotatable bonds is 6. The maximum Gasteiger partial charge on any atom is 0.241 e. The molecule has 6 heteroatoms. The number of nitrogens with one attached hydrogen (secondary N) is 2. The molecule has 3 rings (SSSR count). The van der Waals surface area contributed by atoms with E-state index in [4.69, 9.17) is 9.47 Å². The van der Waals surface area contributed by atoms with Crippen LogP contribution in [0.25, 0.3) is 0 Å². The lowest BCUT2D eigenvalue weighted by atomic mass is 10.0. The number of methoxy groups -OCH3 is 2. The Bertz CT molecular complexity index is 608. The normalized spacial score (nSPS) is 26.0. The van der Waals surface area contributed by atoms with Crippen LogP contribution in [-0.4, -0.2) is 43.7 Å². The summed E-state index contributed by atoms with van der Waals surface area (Å²) in [4.78, 5) is 15.1. The minimum Gasteiger partial charge on any atom is -0.497 e. The summed E-state index contributed by atoms with van der Waals surface area (Å²) in [6.07, 6.45) is 5.02. The molecule has 1 aromatic rings. The van der Waals surface area contributed by atoms with Crippen molar-refractivity contribution in [3.05, 3.63) is 23.8 Å². The lowest BCUT2D eigenvalue weighted by molar-refractivity contribution is -0.134. The number of hydrogen-bond acceptors (Lipinski definition) is 5. The van der Waals surface area contributed by atoms with Gasteiger partial charge in [-0.2, -0.15) is 0 Å². The Morgan fingerprint density at radius 3 is 2.84 bits per heavy atom. The van der Waals surface area contributed by atoms with Crippen molar-refractivity contribution in [1.29, 1.82) is 0 Å². The van der Waals surface area contributed by atoms with Crippen molar-refractivity contribution in [3.63, 3.8) is 0 Å². The van der Waals surface area contributed by atoms with Crippen LogP contribution in [0, 0.1) is 0 Å². The molecule has 2 aliphatic rings. The third-order valence-corrected chi connectivity index (χ3v) is 5.25. The zero-order valence-corrected chi connectivity index (χ0v) is 15.4. The van der Waals surface area contributed by atoms with Gasteiger partial charge in [0, 0.05) is 18.2 Å². The van der Waals surface area contributed by atoms with Gasteiger partial charge in [-0.25, -0.2) is 5.43 Å². The van der Waals surface area contributed by atoms with Crippen LogP contribution in [0.1, 0.15) is 50.6 Å². The molecule has 3 atom stereocenters. The van der Waals surface area contributed by atoms with E-state index < -0.39 is 0 Å². The molecule has 25 heavy (non-hydrogen) atoms. The predicted octanol–water partition coefficient (Wildman–Crippen LogP) is 2.40. The van der Waals surface area contributed by atoms with E-state index in [9.17, 15) is 4.79 Å². The SMILES string of the molecule is CCCC1CC(C(=O)N2CCCC2c2cc(OC)ccc2OC)NN1. The summed E-state index contributed by atoms with van der Waals surface area (Å²) in [5.41, 5.74) is 7.49. The molecule has 2 fully saturated rings. The molecule has 138 valence electrons. The maximum absolute atomic E-state index is 13.1. The number of amides is 1. The van der Waals surface area contributed by atoms with Gasteiger partial charge in [-0.15, -0.1) is 0 Å². The molecule has 2 saturated heterocycles. The highest BCUT2D eigenvalue weighted by atomic mass is 16.5. The zero-order chi connectivity index (χ0) is 17.8. The Labute approximate surface area is 149 Å². The number of carbonyl (C=O) groups is 1. The Hall–Kier alpha value is -1.79. The number of nitrogens with zero attached hydrogens (tertiary/aromatic N) is 1. The van der Waals surface area contributed by atoms with E-state index in [2.05, 4.69) is 17.8 Å². The van der Waals surface area contributed by atoms with Crippen molar-refractivity contribution in [1.82, 2.24) is 15.8 Å². The van der Waals surface area contributed by atoms with E-state index in [1.54, 1.807) is 14.2 Å². The quantitative estimate of drug-likeness (QED) is 0.827.